The topological polar surface area (TPSA) is 26.3 Å². The fourth-order valence-corrected chi connectivity index (χ4v) is 2.22. The lowest BCUT2D eigenvalue weighted by Crippen LogP contribution is -2.24. The Kier molecular flexibility index (Phi) is 5.16. The predicted molar refractivity (Wildman–Crippen MR) is 79.7 cm³/mol. The van der Waals surface area contributed by atoms with Crippen molar-refractivity contribution in [2.45, 2.75) is 59.5 Å². The summed E-state index contributed by atoms with van der Waals surface area (Å²) >= 11 is 0. The Morgan fingerprint density at radius 2 is 1.79 bits per heavy atom. The molecule has 0 N–H and O–H groups in total. The molecule has 0 spiro atoms. The number of ether oxygens (including phenoxy) is 1. The Hall–Kier alpha value is -1.31. The Morgan fingerprint density at radius 3 is 2.26 bits per heavy atom. The summed E-state index contributed by atoms with van der Waals surface area (Å²) in [6.45, 7) is 12.1. The maximum absolute atomic E-state index is 11.5. The Morgan fingerprint density at radius 1 is 1.21 bits per heavy atom. The van der Waals surface area contributed by atoms with Gasteiger partial charge in [-0.2, -0.15) is 0 Å². The third kappa shape index (κ3) is 5.06. The molecule has 0 aliphatic heterocycles. The van der Waals surface area contributed by atoms with Crippen LogP contribution in [0.1, 0.15) is 59.4 Å². The van der Waals surface area contributed by atoms with Crippen LogP contribution >= 0.6 is 0 Å². The van der Waals surface area contributed by atoms with Crippen molar-refractivity contribution in [2.75, 3.05) is 0 Å². The molecule has 0 bridgehead atoms. The van der Waals surface area contributed by atoms with Crippen LogP contribution in [0.15, 0.2) is 24.3 Å². The van der Waals surface area contributed by atoms with Crippen molar-refractivity contribution < 1.29 is 9.53 Å². The molecule has 2 heteroatoms. The minimum absolute atomic E-state index is 0.219. The summed E-state index contributed by atoms with van der Waals surface area (Å²) in [6, 6.07) is 8.07. The molecule has 0 aromatic heterocycles. The first kappa shape index (κ1) is 15.7. The molecule has 0 saturated heterocycles. The molecule has 19 heavy (non-hydrogen) atoms. The molecule has 0 saturated carbocycles. The monoisotopic (exact) mass is 262 g/mol. The molecule has 1 atom stereocenters. The first-order valence-corrected chi connectivity index (χ1v) is 6.98. The molecular weight excluding hydrogens is 236 g/mol. The van der Waals surface area contributed by atoms with E-state index >= 15 is 0 Å². The average Bonchev–Trinajstić information content (AvgIpc) is 2.24. The van der Waals surface area contributed by atoms with Gasteiger partial charge >= 0.3 is 0 Å². The molecule has 0 heterocycles. The van der Waals surface area contributed by atoms with Crippen molar-refractivity contribution in [1.29, 1.82) is 0 Å². The van der Waals surface area contributed by atoms with Crippen LogP contribution in [0.5, 0.6) is 5.75 Å². The average molecular weight is 262 g/mol. The highest BCUT2D eigenvalue weighted by Gasteiger charge is 2.23. The largest absolute Gasteiger partial charge is 0.488 e. The lowest BCUT2D eigenvalue weighted by molar-refractivity contribution is -0.117. The van der Waals surface area contributed by atoms with Gasteiger partial charge in [0.15, 0.2) is 0 Å². The molecule has 0 amide bonds. The summed E-state index contributed by atoms with van der Waals surface area (Å²) < 4.78 is 6.03. The van der Waals surface area contributed by atoms with Crippen LogP contribution in [0.4, 0.5) is 0 Å². The van der Waals surface area contributed by atoms with E-state index in [1.54, 1.807) is 6.92 Å². The van der Waals surface area contributed by atoms with Crippen LogP contribution in [-0.4, -0.2) is 11.4 Å². The van der Waals surface area contributed by atoms with Crippen LogP contribution in [-0.2, 0) is 4.79 Å². The van der Waals surface area contributed by atoms with Crippen LogP contribution in [0, 0.1) is 5.92 Å². The summed E-state index contributed by atoms with van der Waals surface area (Å²) in [4.78, 5) is 11.5. The zero-order valence-electron chi connectivity index (χ0n) is 13.0. The van der Waals surface area contributed by atoms with Gasteiger partial charge in [-0.3, -0.25) is 0 Å². The molecule has 0 fully saturated rings. The Labute approximate surface area is 117 Å². The van der Waals surface area contributed by atoms with E-state index in [-0.39, 0.29) is 17.3 Å². The Balaban J connectivity index is 3.12. The molecule has 1 unspecified atom stereocenters. The summed E-state index contributed by atoms with van der Waals surface area (Å²) in [5.74, 6) is 1.75. The van der Waals surface area contributed by atoms with E-state index in [1.807, 2.05) is 39.0 Å². The smallest absolute Gasteiger partial charge is 0.130 e. The van der Waals surface area contributed by atoms with Gasteiger partial charge in [-0.25, -0.2) is 0 Å². The minimum Gasteiger partial charge on any atom is -0.488 e. The van der Waals surface area contributed by atoms with Crippen LogP contribution in [0.3, 0.4) is 0 Å². The lowest BCUT2D eigenvalue weighted by Gasteiger charge is -2.27. The van der Waals surface area contributed by atoms with Crippen molar-refractivity contribution in [2.24, 2.45) is 5.92 Å². The first-order valence-electron chi connectivity index (χ1n) is 6.98. The number of para-hydroxylation sites is 1. The van der Waals surface area contributed by atoms with E-state index in [0.29, 0.717) is 12.3 Å². The normalized spacial score (nSPS) is 13.4. The van der Waals surface area contributed by atoms with Crippen LogP contribution in [0.2, 0.25) is 0 Å². The van der Waals surface area contributed by atoms with Gasteiger partial charge in [-0.05, 0) is 51.2 Å². The molecule has 2 nitrogen and oxygen atoms in total. The minimum atomic E-state index is -0.228. The third-order valence-electron chi connectivity index (χ3n) is 3.05. The summed E-state index contributed by atoms with van der Waals surface area (Å²) in [5, 5.41) is 0. The molecular formula is C17H26O2. The third-order valence-corrected chi connectivity index (χ3v) is 3.05. The number of hydrogen-bond acceptors (Lipinski definition) is 2. The molecule has 1 rings (SSSR count). The molecule has 1 aromatic carbocycles. The first-order chi connectivity index (χ1) is 8.70. The Bertz CT molecular complexity index is 427. The lowest BCUT2D eigenvalue weighted by atomic mass is 9.84. The van der Waals surface area contributed by atoms with Crippen molar-refractivity contribution in [3.63, 3.8) is 0 Å². The van der Waals surface area contributed by atoms with Gasteiger partial charge < -0.3 is 9.53 Å². The molecule has 0 aliphatic rings. The summed E-state index contributed by atoms with van der Waals surface area (Å²) in [7, 11) is 0. The second-order valence-electron chi connectivity index (χ2n) is 6.51. The molecule has 1 aromatic rings. The SMILES string of the molecule is CC(=O)CC(c1ccccc1OC(C)(C)C)C(C)C. The van der Waals surface area contributed by atoms with Gasteiger partial charge in [-0.1, -0.05) is 32.0 Å². The van der Waals surface area contributed by atoms with Gasteiger partial charge in [0.2, 0.25) is 0 Å². The predicted octanol–water partition coefficient (Wildman–Crippen LogP) is 4.58. The van der Waals surface area contributed by atoms with E-state index in [4.69, 9.17) is 4.74 Å². The molecule has 106 valence electrons. The van der Waals surface area contributed by atoms with Gasteiger partial charge in [0.05, 0.1) is 0 Å². The summed E-state index contributed by atoms with van der Waals surface area (Å²) in [6.07, 6.45) is 0.572. The van der Waals surface area contributed by atoms with E-state index in [9.17, 15) is 4.79 Å². The van der Waals surface area contributed by atoms with E-state index in [0.717, 1.165) is 11.3 Å². The number of carbonyl (C=O) groups excluding carboxylic acids is 1. The molecule has 0 aliphatic carbocycles. The number of Topliss-reactive ketones (excluding diaryl/α,β-unsaturated/α-hetero) is 1. The van der Waals surface area contributed by atoms with Crippen molar-refractivity contribution >= 4 is 5.78 Å². The second kappa shape index (κ2) is 6.23. The maximum atomic E-state index is 11.5. The number of rotatable bonds is 5. The maximum Gasteiger partial charge on any atom is 0.130 e. The number of carbonyl (C=O) groups is 1. The number of benzene rings is 1. The fourth-order valence-electron chi connectivity index (χ4n) is 2.22. The van der Waals surface area contributed by atoms with E-state index in [1.165, 1.54) is 0 Å². The zero-order chi connectivity index (χ0) is 14.6. The number of ketones is 1. The second-order valence-corrected chi connectivity index (χ2v) is 6.51. The van der Waals surface area contributed by atoms with Crippen molar-refractivity contribution in [3.05, 3.63) is 29.8 Å². The van der Waals surface area contributed by atoms with Crippen molar-refractivity contribution in [1.82, 2.24) is 0 Å². The van der Waals surface area contributed by atoms with Crippen LogP contribution in [0.25, 0.3) is 0 Å². The highest BCUT2D eigenvalue weighted by Crippen LogP contribution is 2.35. The highest BCUT2D eigenvalue weighted by atomic mass is 16.5. The van der Waals surface area contributed by atoms with E-state index < -0.39 is 0 Å². The molecule has 0 radical (unpaired) electrons. The highest BCUT2D eigenvalue weighted by molar-refractivity contribution is 5.76. The van der Waals surface area contributed by atoms with Gasteiger partial charge in [0, 0.05) is 6.42 Å². The van der Waals surface area contributed by atoms with Gasteiger partial charge in [-0.15, -0.1) is 0 Å². The zero-order valence-corrected chi connectivity index (χ0v) is 13.0. The van der Waals surface area contributed by atoms with Crippen molar-refractivity contribution in [3.8, 4) is 5.75 Å². The van der Waals surface area contributed by atoms with Gasteiger partial charge in [0.1, 0.15) is 17.1 Å². The fraction of sp³-hybridized carbons (Fsp3) is 0.588. The standard InChI is InChI=1S/C17H26O2/c1-12(2)15(11-13(3)18)14-9-7-8-10-16(14)19-17(4,5)6/h7-10,12,15H,11H2,1-6H3. The number of hydrogen-bond donors (Lipinski definition) is 0. The summed E-state index contributed by atoms with van der Waals surface area (Å²) in [5.41, 5.74) is 0.913. The van der Waals surface area contributed by atoms with Crippen LogP contribution < -0.4 is 4.74 Å². The quantitative estimate of drug-likeness (QED) is 0.776. The van der Waals surface area contributed by atoms with Gasteiger partial charge in [0.25, 0.3) is 0 Å². The van der Waals surface area contributed by atoms with E-state index in [2.05, 4.69) is 19.9 Å².